The largest absolute Gasteiger partial charge is 0.378 e. The molecule has 5 aromatic rings. The summed E-state index contributed by atoms with van der Waals surface area (Å²) >= 11 is 12.7. The number of para-hydroxylation sites is 2. The van der Waals surface area contributed by atoms with Gasteiger partial charge in [-0.05, 0) is 48.5 Å². The normalized spacial score (nSPS) is 13.6. The van der Waals surface area contributed by atoms with Crippen LogP contribution in [-0.2, 0) is 14.8 Å². The molecule has 1 fully saturated rings. The average molecular weight is 634 g/mol. The van der Waals surface area contributed by atoms with Crippen LogP contribution in [0.5, 0.6) is 0 Å². The number of anilines is 3. The lowest BCUT2D eigenvalue weighted by atomic mass is 10.0. The standard InChI is InChI=1S/C32H26Cl2N4O4S/c33-25-9-3-1-8-23(25)29-20-24(22-7-2-5-11-27(22)35-29)32(39)36-30-19-21(13-14-31(30)38-15-17-42-18-16-38)43(40,41)37-28-12-6-4-10-26(28)34/h1-14,19-20,37H,15-18H2,(H,36,39). The number of carbonyl (C=O) groups excluding carboxylic acids is 1. The van der Waals surface area contributed by atoms with Crippen LogP contribution < -0.4 is 14.9 Å². The van der Waals surface area contributed by atoms with E-state index in [0.29, 0.717) is 70.4 Å². The maximum Gasteiger partial charge on any atom is 0.262 e. The lowest BCUT2D eigenvalue weighted by Crippen LogP contribution is -2.36. The van der Waals surface area contributed by atoms with Gasteiger partial charge in [-0.25, -0.2) is 13.4 Å². The second-order valence-electron chi connectivity index (χ2n) is 9.87. The molecule has 0 unspecified atom stereocenters. The molecule has 218 valence electrons. The number of fused-ring (bicyclic) bond motifs is 1. The molecule has 2 N–H and O–H groups in total. The Labute approximate surface area is 259 Å². The van der Waals surface area contributed by atoms with Crippen molar-refractivity contribution < 1.29 is 17.9 Å². The summed E-state index contributed by atoms with van der Waals surface area (Å²) in [6.45, 7) is 2.19. The maximum absolute atomic E-state index is 14.0. The summed E-state index contributed by atoms with van der Waals surface area (Å²) in [6, 6.07) is 27.6. The van der Waals surface area contributed by atoms with E-state index >= 15 is 0 Å². The third-order valence-electron chi connectivity index (χ3n) is 7.11. The molecule has 1 aliphatic heterocycles. The number of ether oxygens (including phenoxy) is 1. The molecule has 0 spiro atoms. The summed E-state index contributed by atoms with van der Waals surface area (Å²) in [7, 11) is -4.04. The molecule has 2 heterocycles. The topological polar surface area (TPSA) is 101 Å². The van der Waals surface area contributed by atoms with Crippen LogP contribution >= 0.6 is 23.2 Å². The van der Waals surface area contributed by atoms with Crippen molar-refractivity contribution >= 4 is 67.1 Å². The first-order valence-electron chi connectivity index (χ1n) is 13.5. The van der Waals surface area contributed by atoms with Crippen LogP contribution in [0.1, 0.15) is 10.4 Å². The van der Waals surface area contributed by atoms with Gasteiger partial charge in [0.1, 0.15) is 0 Å². The number of hydrogen-bond donors (Lipinski definition) is 2. The van der Waals surface area contributed by atoms with E-state index in [-0.39, 0.29) is 15.6 Å². The number of hydrogen-bond acceptors (Lipinski definition) is 6. The quantitative estimate of drug-likeness (QED) is 0.198. The highest BCUT2D eigenvalue weighted by Crippen LogP contribution is 2.34. The first-order valence-corrected chi connectivity index (χ1v) is 15.7. The first-order chi connectivity index (χ1) is 20.8. The number of rotatable bonds is 7. The highest BCUT2D eigenvalue weighted by Gasteiger charge is 2.23. The van der Waals surface area contributed by atoms with Gasteiger partial charge in [0.25, 0.3) is 15.9 Å². The molecule has 1 aliphatic rings. The van der Waals surface area contributed by atoms with Crippen LogP contribution in [0.2, 0.25) is 10.0 Å². The highest BCUT2D eigenvalue weighted by atomic mass is 35.5. The van der Waals surface area contributed by atoms with E-state index in [1.807, 2.05) is 42.5 Å². The molecule has 0 atom stereocenters. The third-order valence-corrected chi connectivity index (χ3v) is 9.13. The third kappa shape index (κ3) is 6.16. The smallest absolute Gasteiger partial charge is 0.262 e. The second-order valence-corrected chi connectivity index (χ2v) is 12.4. The van der Waals surface area contributed by atoms with Crippen LogP contribution in [0, 0.1) is 0 Å². The zero-order valence-electron chi connectivity index (χ0n) is 22.8. The van der Waals surface area contributed by atoms with E-state index in [9.17, 15) is 13.2 Å². The summed E-state index contributed by atoms with van der Waals surface area (Å²) < 4.78 is 34.9. The minimum atomic E-state index is -4.04. The summed E-state index contributed by atoms with van der Waals surface area (Å²) in [6.07, 6.45) is 0. The molecule has 0 bridgehead atoms. The number of amides is 1. The molecule has 4 aromatic carbocycles. The fraction of sp³-hybridized carbons (Fsp3) is 0.125. The Hall–Kier alpha value is -4.15. The van der Waals surface area contributed by atoms with Gasteiger partial charge in [-0.2, -0.15) is 0 Å². The fourth-order valence-corrected chi connectivity index (χ4v) is 6.55. The SMILES string of the molecule is O=C(Nc1cc(S(=O)(=O)Nc2ccccc2Cl)ccc1N1CCOCC1)c1cc(-c2ccccc2Cl)nc2ccccc12. The monoisotopic (exact) mass is 632 g/mol. The number of nitrogens with zero attached hydrogens (tertiary/aromatic N) is 2. The zero-order chi connectivity index (χ0) is 30.0. The van der Waals surface area contributed by atoms with Crippen molar-refractivity contribution in [3.63, 3.8) is 0 Å². The lowest BCUT2D eigenvalue weighted by Gasteiger charge is -2.31. The predicted octanol–water partition coefficient (Wildman–Crippen LogP) is 7.10. The van der Waals surface area contributed by atoms with Gasteiger partial charge in [-0.15, -0.1) is 0 Å². The molecule has 8 nitrogen and oxygen atoms in total. The van der Waals surface area contributed by atoms with Crippen LogP contribution in [-0.4, -0.2) is 45.6 Å². The molecule has 0 radical (unpaired) electrons. The summed E-state index contributed by atoms with van der Waals surface area (Å²) in [5.74, 6) is -0.421. The summed E-state index contributed by atoms with van der Waals surface area (Å²) in [5, 5.41) is 4.42. The van der Waals surface area contributed by atoms with Gasteiger partial charge in [0, 0.05) is 29.1 Å². The Balaban J connectivity index is 1.42. The van der Waals surface area contributed by atoms with E-state index in [4.69, 9.17) is 32.9 Å². The van der Waals surface area contributed by atoms with Crippen LogP contribution in [0.3, 0.4) is 0 Å². The number of aromatic nitrogens is 1. The van der Waals surface area contributed by atoms with Crippen LogP contribution in [0.25, 0.3) is 22.2 Å². The number of sulfonamides is 1. The number of halogens is 2. The van der Waals surface area contributed by atoms with Gasteiger partial charge in [0.15, 0.2) is 0 Å². The molecule has 43 heavy (non-hydrogen) atoms. The zero-order valence-corrected chi connectivity index (χ0v) is 25.1. The number of pyridine rings is 1. The summed E-state index contributed by atoms with van der Waals surface area (Å²) in [5.41, 5.74) is 3.50. The number of nitrogens with one attached hydrogen (secondary N) is 2. The van der Waals surface area contributed by atoms with E-state index < -0.39 is 15.9 Å². The molecular formula is C32H26Cl2N4O4S. The van der Waals surface area contributed by atoms with Gasteiger partial charge in [-0.1, -0.05) is 71.7 Å². The van der Waals surface area contributed by atoms with Gasteiger partial charge in [-0.3, -0.25) is 9.52 Å². The molecule has 1 saturated heterocycles. The molecule has 0 aliphatic carbocycles. The second kappa shape index (κ2) is 12.2. The molecule has 0 saturated carbocycles. The molecular weight excluding hydrogens is 607 g/mol. The van der Waals surface area contributed by atoms with E-state index in [2.05, 4.69) is 14.9 Å². The lowest BCUT2D eigenvalue weighted by molar-refractivity contribution is 0.102. The minimum absolute atomic E-state index is 0.0314. The summed E-state index contributed by atoms with van der Waals surface area (Å²) in [4.78, 5) is 20.8. The van der Waals surface area contributed by atoms with Crippen LogP contribution in [0.15, 0.2) is 102 Å². The fourth-order valence-electron chi connectivity index (χ4n) is 4.97. The number of morpholine rings is 1. The van der Waals surface area contributed by atoms with Gasteiger partial charge >= 0.3 is 0 Å². The first kappa shape index (κ1) is 28.9. The number of benzene rings is 4. The molecule has 11 heteroatoms. The molecule has 1 amide bonds. The highest BCUT2D eigenvalue weighted by molar-refractivity contribution is 7.92. The van der Waals surface area contributed by atoms with E-state index in [1.54, 1.807) is 42.5 Å². The average Bonchev–Trinajstić information content (AvgIpc) is 3.02. The Morgan fingerprint density at radius 1 is 0.814 bits per heavy atom. The van der Waals surface area contributed by atoms with Crippen molar-refractivity contribution in [1.82, 2.24) is 4.98 Å². The Bertz CT molecular complexity index is 1950. The molecule has 1 aromatic heterocycles. The Kier molecular flexibility index (Phi) is 8.23. The van der Waals surface area contributed by atoms with Gasteiger partial charge < -0.3 is 15.0 Å². The van der Waals surface area contributed by atoms with Crippen molar-refractivity contribution in [2.24, 2.45) is 0 Å². The van der Waals surface area contributed by atoms with Gasteiger partial charge in [0.2, 0.25) is 0 Å². The van der Waals surface area contributed by atoms with E-state index in [0.717, 1.165) is 0 Å². The van der Waals surface area contributed by atoms with Crippen molar-refractivity contribution in [2.75, 3.05) is 41.2 Å². The van der Waals surface area contributed by atoms with Crippen molar-refractivity contribution in [3.05, 3.63) is 113 Å². The predicted molar refractivity (Wildman–Crippen MR) is 172 cm³/mol. The number of carbonyl (C=O) groups is 1. The minimum Gasteiger partial charge on any atom is -0.378 e. The van der Waals surface area contributed by atoms with Crippen molar-refractivity contribution in [1.29, 1.82) is 0 Å². The Morgan fingerprint density at radius 3 is 2.28 bits per heavy atom. The molecule has 6 rings (SSSR count). The van der Waals surface area contributed by atoms with Crippen molar-refractivity contribution in [3.8, 4) is 11.3 Å². The Morgan fingerprint density at radius 2 is 1.51 bits per heavy atom. The van der Waals surface area contributed by atoms with Crippen molar-refractivity contribution in [2.45, 2.75) is 4.90 Å². The maximum atomic E-state index is 14.0. The van der Waals surface area contributed by atoms with E-state index in [1.165, 1.54) is 12.1 Å². The van der Waals surface area contributed by atoms with Crippen LogP contribution in [0.4, 0.5) is 17.1 Å². The van der Waals surface area contributed by atoms with Gasteiger partial charge in [0.05, 0.1) is 57.0 Å².